The fourth-order valence-electron chi connectivity index (χ4n) is 2.42. The number of ether oxygens (including phenoxy) is 2. The summed E-state index contributed by atoms with van der Waals surface area (Å²) in [6.07, 6.45) is 3.17. The minimum absolute atomic E-state index is 0.0198. The van der Waals surface area contributed by atoms with Gasteiger partial charge in [-0.3, -0.25) is 0 Å². The molecule has 0 radical (unpaired) electrons. The number of carbonyl (C=O) groups excluding carboxylic acids is 1. The zero-order valence-corrected chi connectivity index (χ0v) is 13.3. The van der Waals surface area contributed by atoms with Gasteiger partial charge in [0.05, 0.1) is 18.9 Å². The molecule has 1 aromatic rings. The summed E-state index contributed by atoms with van der Waals surface area (Å²) in [6, 6.07) is 3.75. The van der Waals surface area contributed by atoms with E-state index in [-0.39, 0.29) is 18.3 Å². The maximum Gasteiger partial charge on any atom is 0.410 e. The molecule has 1 amide bonds. The van der Waals surface area contributed by atoms with Crippen molar-refractivity contribution in [2.45, 2.75) is 58.3 Å². The molecular formula is C16H25NO4. The average Bonchev–Trinajstić information content (AvgIpc) is 2.91. The molecule has 0 unspecified atom stereocenters. The van der Waals surface area contributed by atoms with Crippen LogP contribution in [0.3, 0.4) is 0 Å². The molecular weight excluding hydrogens is 270 g/mol. The molecule has 21 heavy (non-hydrogen) atoms. The van der Waals surface area contributed by atoms with Crippen molar-refractivity contribution < 1.29 is 18.7 Å². The van der Waals surface area contributed by atoms with Crippen LogP contribution in [-0.4, -0.2) is 35.8 Å². The molecule has 1 aliphatic heterocycles. The van der Waals surface area contributed by atoms with Gasteiger partial charge in [0.2, 0.25) is 0 Å². The number of likely N-dealkylation sites (tertiary alicyclic amines) is 1. The van der Waals surface area contributed by atoms with E-state index in [2.05, 4.69) is 0 Å². The maximum atomic E-state index is 12.1. The lowest BCUT2D eigenvalue weighted by Gasteiger charge is -2.34. The summed E-state index contributed by atoms with van der Waals surface area (Å²) in [6.45, 7) is 8.89. The summed E-state index contributed by atoms with van der Waals surface area (Å²) >= 11 is 0. The third kappa shape index (κ3) is 4.77. The van der Waals surface area contributed by atoms with Crippen LogP contribution in [0.1, 0.15) is 52.4 Å². The van der Waals surface area contributed by atoms with Gasteiger partial charge in [-0.1, -0.05) is 0 Å². The first kappa shape index (κ1) is 15.9. The smallest absolute Gasteiger partial charge is 0.410 e. The van der Waals surface area contributed by atoms with Crippen LogP contribution in [0.15, 0.2) is 22.8 Å². The summed E-state index contributed by atoms with van der Waals surface area (Å²) in [7, 11) is 0. The highest BCUT2D eigenvalue weighted by molar-refractivity contribution is 5.68. The second kappa shape index (κ2) is 6.52. The van der Waals surface area contributed by atoms with E-state index >= 15 is 0 Å². The van der Waals surface area contributed by atoms with Crippen LogP contribution in [0.4, 0.5) is 4.79 Å². The Bertz CT molecular complexity index is 449. The summed E-state index contributed by atoms with van der Waals surface area (Å²) in [5.41, 5.74) is -0.466. The van der Waals surface area contributed by atoms with Crippen LogP contribution in [-0.2, 0) is 9.47 Å². The third-order valence-corrected chi connectivity index (χ3v) is 3.37. The van der Waals surface area contributed by atoms with Gasteiger partial charge in [-0.15, -0.1) is 0 Å². The fraction of sp³-hybridized carbons (Fsp3) is 0.688. The van der Waals surface area contributed by atoms with E-state index in [0.717, 1.165) is 25.1 Å². The van der Waals surface area contributed by atoms with E-state index in [4.69, 9.17) is 13.9 Å². The molecule has 0 saturated carbocycles. The Morgan fingerprint density at radius 3 is 2.86 bits per heavy atom. The molecule has 0 aromatic carbocycles. The van der Waals surface area contributed by atoms with Crippen LogP contribution in [0.2, 0.25) is 0 Å². The van der Waals surface area contributed by atoms with Gasteiger partial charge in [-0.25, -0.2) is 4.79 Å². The van der Waals surface area contributed by atoms with Crippen molar-refractivity contribution >= 4 is 6.09 Å². The number of hydrogen-bond acceptors (Lipinski definition) is 4. The molecule has 2 heterocycles. The fourth-order valence-corrected chi connectivity index (χ4v) is 2.42. The van der Waals surface area contributed by atoms with Crippen molar-refractivity contribution in [2.75, 3.05) is 13.1 Å². The van der Waals surface area contributed by atoms with E-state index in [1.165, 1.54) is 0 Å². The van der Waals surface area contributed by atoms with Gasteiger partial charge in [-0.05, 0) is 52.7 Å². The van der Waals surface area contributed by atoms with Gasteiger partial charge in [-0.2, -0.15) is 0 Å². The average molecular weight is 295 g/mol. The lowest BCUT2D eigenvalue weighted by atomic mass is 10.1. The van der Waals surface area contributed by atoms with Crippen LogP contribution < -0.4 is 0 Å². The number of amides is 1. The lowest BCUT2D eigenvalue weighted by molar-refractivity contribution is -0.0544. The first-order valence-corrected chi connectivity index (χ1v) is 7.52. The molecule has 5 nitrogen and oxygen atoms in total. The Morgan fingerprint density at radius 2 is 2.24 bits per heavy atom. The van der Waals surface area contributed by atoms with Crippen LogP contribution in [0.25, 0.3) is 0 Å². The number of rotatable bonds is 3. The number of hydrogen-bond donors (Lipinski definition) is 0. The minimum Gasteiger partial charge on any atom is -0.467 e. The Labute approximate surface area is 126 Å². The van der Waals surface area contributed by atoms with E-state index in [9.17, 15) is 4.79 Å². The van der Waals surface area contributed by atoms with Crippen LogP contribution >= 0.6 is 0 Å². The number of carbonyl (C=O) groups is 1. The highest BCUT2D eigenvalue weighted by atomic mass is 16.6. The Morgan fingerprint density at radius 1 is 1.48 bits per heavy atom. The van der Waals surface area contributed by atoms with Crippen molar-refractivity contribution in [3.63, 3.8) is 0 Å². The van der Waals surface area contributed by atoms with Crippen LogP contribution in [0, 0.1) is 0 Å². The molecule has 5 heteroatoms. The van der Waals surface area contributed by atoms with Gasteiger partial charge >= 0.3 is 6.09 Å². The summed E-state index contributed by atoms with van der Waals surface area (Å²) in [5.74, 6) is 0.810. The van der Waals surface area contributed by atoms with Gasteiger partial charge in [0.1, 0.15) is 17.5 Å². The summed E-state index contributed by atoms with van der Waals surface area (Å²) in [5, 5.41) is 0. The van der Waals surface area contributed by atoms with Crippen LogP contribution in [0.5, 0.6) is 0 Å². The predicted molar refractivity (Wildman–Crippen MR) is 79.0 cm³/mol. The zero-order chi connectivity index (χ0) is 15.5. The normalized spacial score (nSPS) is 21.1. The predicted octanol–water partition coefficient (Wildman–Crippen LogP) is 3.76. The van der Waals surface area contributed by atoms with E-state index in [1.54, 1.807) is 11.2 Å². The Balaban J connectivity index is 1.87. The van der Waals surface area contributed by atoms with Crippen molar-refractivity contribution in [1.29, 1.82) is 0 Å². The van der Waals surface area contributed by atoms with Gasteiger partial charge in [0.15, 0.2) is 0 Å². The number of furan rings is 1. The molecule has 2 atom stereocenters. The Kier molecular flexibility index (Phi) is 4.93. The lowest BCUT2D eigenvalue weighted by Crippen LogP contribution is -2.45. The van der Waals surface area contributed by atoms with Gasteiger partial charge in [0.25, 0.3) is 0 Å². The van der Waals surface area contributed by atoms with Crippen molar-refractivity contribution in [2.24, 2.45) is 0 Å². The quantitative estimate of drug-likeness (QED) is 0.852. The highest BCUT2D eigenvalue weighted by Crippen LogP contribution is 2.24. The SMILES string of the molecule is C[C@H](O[C@@H]1CCCN(C(=O)OC(C)(C)C)C1)c1ccco1. The first-order chi connectivity index (χ1) is 9.85. The van der Waals surface area contributed by atoms with Crippen molar-refractivity contribution in [3.05, 3.63) is 24.2 Å². The minimum atomic E-state index is -0.466. The number of piperidine rings is 1. The number of nitrogens with zero attached hydrogens (tertiary/aromatic N) is 1. The van der Waals surface area contributed by atoms with E-state index in [0.29, 0.717) is 6.54 Å². The summed E-state index contributed by atoms with van der Waals surface area (Å²) in [4.78, 5) is 13.8. The maximum absolute atomic E-state index is 12.1. The molecule has 1 saturated heterocycles. The molecule has 1 aliphatic rings. The van der Waals surface area contributed by atoms with Crippen molar-refractivity contribution in [3.8, 4) is 0 Å². The first-order valence-electron chi connectivity index (χ1n) is 7.52. The second-order valence-corrected chi connectivity index (χ2v) is 6.48. The second-order valence-electron chi connectivity index (χ2n) is 6.48. The molecule has 0 bridgehead atoms. The Hall–Kier alpha value is -1.49. The third-order valence-electron chi connectivity index (χ3n) is 3.37. The monoisotopic (exact) mass is 295 g/mol. The molecule has 0 spiro atoms. The topological polar surface area (TPSA) is 51.9 Å². The zero-order valence-electron chi connectivity index (χ0n) is 13.3. The molecule has 0 aliphatic carbocycles. The highest BCUT2D eigenvalue weighted by Gasteiger charge is 2.29. The standard InChI is InChI=1S/C16H25NO4/c1-12(14-8-6-10-19-14)20-13-7-5-9-17(11-13)15(18)21-16(2,3)4/h6,8,10,12-13H,5,7,9,11H2,1-4H3/t12-,13+/m0/s1. The largest absolute Gasteiger partial charge is 0.467 e. The molecule has 1 aromatic heterocycles. The molecule has 1 fully saturated rings. The van der Waals surface area contributed by atoms with Gasteiger partial charge in [0, 0.05) is 6.54 Å². The van der Waals surface area contributed by atoms with Crippen molar-refractivity contribution in [1.82, 2.24) is 4.90 Å². The molecule has 118 valence electrons. The van der Waals surface area contributed by atoms with E-state index < -0.39 is 5.60 Å². The van der Waals surface area contributed by atoms with Gasteiger partial charge < -0.3 is 18.8 Å². The summed E-state index contributed by atoms with van der Waals surface area (Å²) < 4.78 is 16.8. The molecule has 2 rings (SSSR count). The van der Waals surface area contributed by atoms with E-state index in [1.807, 2.05) is 39.8 Å². The molecule has 0 N–H and O–H groups in total.